The number of thioether (sulfide) groups is 1. The zero-order valence-electron chi connectivity index (χ0n) is 13.7. The first-order chi connectivity index (χ1) is 11.3. The molecule has 0 aromatic carbocycles. The summed E-state index contributed by atoms with van der Waals surface area (Å²) in [5, 5.41) is 5.86. The van der Waals surface area contributed by atoms with E-state index in [1.165, 1.54) is 19.3 Å². The summed E-state index contributed by atoms with van der Waals surface area (Å²) >= 11 is -0.125. The number of carbonyl (C=O) groups is 1. The van der Waals surface area contributed by atoms with Crippen molar-refractivity contribution in [3.63, 3.8) is 0 Å². The maximum Gasteiger partial charge on any atom is 0.441 e. The fraction of sp³-hybridized carbons (Fsp3) is 0.588. The highest BCUT2D eigenvalue weighted by molar-refractivity contribution is 8.00. The predicted octanol–water partition coefficient (Wildman–Crippen LogP) is 3.91. The van der Waals surface area contributed by atoms with E-state index in [0.29, 0.717) is 5.57 Å². The number of carbonyl (C=O) groups excluding carboxylic acids is 1. The Balaban J connectivity index is 1.82. The molecule has 2 aliphatic carbocycles. The fourth-order valence-corrected chi connectivity index (χ4v) is 3.00. The third kappa shape index (κ3) is 6.26. The lowest BCUT2D eigenvalue weighted by Gasteiger charge is -2.25. The molecule has 0 aromatic heterocycles. The minimum Gasteiger partial charge on any atom is -0.390 e. The first-order valence-electron chi connectivity index (χ1n) is 8.15. The van der Waals surface area contributed by atoms with E-state index in [9.17, 15) is 18.0 Å². The summed E-state index contributed by atoms with van der Waals surface area (Å²) in [7, 11) is 0. The van der Waals surface area contributed by atoms with E-state index in [1.807, 2.05) is 25.3 Å². The van der Waals surface area contributed by atoms with Crippen LogP contribution in [0.4, 0.5) is 13.2 Å². The van der Waals surface area contributed by atoms with Gasteiger partial charge in [-0.15, -0.1) is 0 Å². The number of alkyl halides is 3. The lowest BCUT2D eigenvalue weighted by molar-refractivity contribution is -0.117. The van der Waals surface area contributed by atoms with Gasteiger partial charge in [0.2, 0.25) is 0 Å². The maximum atomic E-state index is 12.2. The molecule has 0 aliphatic heterocycles. The molecule has 2 aliphatic rings. The highest BCUT2D eigenvalue weighted by atomic mass is 32.2. The van der Waals surface area contributed by atoms with E-state index in [1.54, 1.807) is 0 Å². The molecule has 0 saturated heterocycles. The molecule has 1 fully saturated rings. The van der Waals surface area contributed by atoms with Crippen molar-refractivity contribution in [2.45, 2.75) is 38.1 Å². The van der Waals surface area contributed by atoms with Gasteiger partial charge in [0.05, 0.1) is 0 Å². The van der Waals surface area contributed by atoms with E-state index in [-0.39, 0.29) is 30.0 Å². The number of amides is 1. The number of halogens is 3. The van der Waals surface area contributed by atoms with Crippen LogP contribution in [0.15, 0.2) is 35.1 Å². The normalized spacial score (nSPS) is 20.2. The summed E-state index contributed by atoms with van der Waals surface area (Å²) in [4.78, 5) is 12.2. The average molecular weight is 360 g/mol. The Morgan fingerprint density at radius 1 is 1.42 bits per heavy atom. The van der Waals surface area contributed by atoms with Crippen LogP contribution in [0.2, 0.25) is 0 Å². The molecular weight excluding hydrogens is 337 g/mol. The van der Waals surface area contributed by atoms with Crippen molar-refractivity contribution in [3.8, 4) is 0 Å². The Morgan fingerprint density at radius 3 is 2.79 bits per heavy atom. The molecule has 0 aromatic rings. The van der Waals surface area contributed by atoms with Gasteiger partial charge in [-0.25, -0.2) is 0 Å². The van der Waals surface area contributed by atoms with Gasteiger partial charge in [0.1, 0.15) is 0 Å². The second kappa shape index (κ2) is 8.65. The molecule has 2 rings (SSSR count). The van der Waals surface area contributed by atoms with Crippen molar-refractivity contribution >= 4 is 17.7 Å². The summed E-state index contributed by atoms with van der Waals surface area (Å²) in [5.41, 5.74) is -1.87. The predicted molar refractivity (Wildman–Crippen MR) is 91.4 cm³/mol. The van der Waals surface area contributed by atoms with Crippen LogP contribution in [-0.4, -0.2) is 30.3 Å². The number of allylic oxidation sites excluding steroid dienone is 3. The molecule has 1 saturated carbocycles. The maximum absolute atomic E-state index is 12.2. The van der Waals surface area contributed by atoms with Crippen LogP contribution in [0.25, 0.3) is 0 Å². The van der Waals surface area contributed by atoms with Gasteiger partial charge in [-0.05, 0) is 61.1 Å². The molecule has 2 N–H and O–H groups in total. The van der Waals surface area contributed by atoms with Crippen LogP contribution in [0, 0.1) is 5.92 Å². The molecule has 24 heavy (non-hydrogen) atoms. The van der Waals surface area contributed by atoms with E-state index < -0.39 is 5.51 Å². The summed E-state index contributed by atoms with van der Waals surface area (Å²) < 4.78 is 36.2. The number of hydrogen-bond acceptors (Lipinski definition) is 3. The molecule has 0 heterocycles. The van der Waals surface area contributed by atoms with E-state index in [0.717, 1.165) is 30.0 Å². The Labute approximate surface area is 144 Å². The third-order valence-electron chi connectivity index (χ3n) is 4.22. The lowest BCUT2D eigenvalue weighted by Crippen LogP contribution is -2.29. The molecule has 1 amide bonds. The number of rotatable bonds is 7. The summed E-state index contributed by atoms with van der Waals surface area (Å²) in [6.45, 7) is 2.79. The van der Waals surface area contributed by atoms with Gasteiger partial charge in [0.15, 0.2) is 0 Å². The Kier molecular flexibility index (Phi) is 6.83. The van der Waals surface area contributed by atoms with Crippen LogP contribution in [0.3, 0.4) is 0 Å². The molecule has 0 atom stereocenters. The number of hydrogen-bond donors (Lipinski definition) is 2. The van der Waals surface area contributed by atoms with Crippen LogP contribution >= 0.6 is 11.8 Å². The van der Waals surface area contributed by atoms with Crippen LogP contribution in [-0.2, 0) is 4.79 Å². The van der Waals surface area contributed by atoms with Crippen molar-refractivity contribution in [2.75, 3.05) is 18.8 Å². The molecule has 0 spiro atoms. The van der Waals surface area contributed by atoms with Gasteiger partial charge < -0.3 is 10.6 Å². The van der Waals surface area contributed by atoms with Crippen molar-refractivity contribution in [3.05, 3.63) is 35.1 Å². The third-order valence-corrected chi connectivity index (χ3v) is 4.95. The molecule has 0 unspecified atom stereocenters. The molecule has 134 valence electrons. The first-order valence-corrected chi connectivity index (χ1v) is 9.14. The lowest BCUT2D eigenvalue weighted by atomic mass is 9.85. The SMILES string of the molecule is CC1=CC/C(=C\NCC2CCC2)C=C1C(=O)NCCSC(F)(F)F. The van der Waals surface area contributed by atoms with Crippen molar-refractivity contribution in [1.29, 1.82) is 0 Å². The van der Waals surface area contributed by atoms with Gasteiger partial charge in [0.25, 0.3) is 5.91 Å². The Morgan fingerprint density at radius 2 is 2.17 bits per heavy atom. The molecule has 0 radical (unpaired) electrons. The van der Waals surface area contributed by atoms with Gasteiger partial charge in [0, 0.05) is 30.6 Å². The topological polar surface area (TPSA) is 41.1 Å². The highest BCUT2D eigenvalue weighted by Crippen LogP contribution is 2.29. The van der Waals surface area contributed by atoms with Crippen LogP contribution in [0.5, 0.6) is 0 Å². The molecule has 0 bridgehead atoms. The zero-order valence-corrected chi connectivity index (χ0v) is 14.5. The first kappa shape index (κ1) is 19.0. The van der Waals surface area contributed by atoms with Gasteiger partial charge in [-0.1, -0.05) is 12.5 Å². The molecule has 3 nitrogen and oxygen atoms in total. The second-order valence-corrected chi connectivity index (χ2v) is 7.28. The van der Waals surface area contributed by atoms with E-state index >= 15 is 0 Å². The summed E-state index contributed by atoms with van der Waals surface area (Å²) in [5.74, 6) is 0.244. The smallest absolute Gasteiger partial charge is 0.390 e. The van der Waals surface area contributed by atoms with Crippen LogP contribution < -0.4 is 10.6 Å². The van der Waals surface area contributed by atoms with Crippen LogP contribution in [0.1, 0.15) is 32.6 Å². The van der Waals surface area contributed by atoms with E-state index in [4.69, 9.17) is 0 Å². The highest BCUT2D eigenvalue weighted by Gasteiger charge is 2.27. The number of nitrogens with one attached hydrogen (secondary N) is 2. The zero-order chi connectivity index (χ0) is 17.6. The minimum absolute atomic E-state index is 0.00733. The second-order valence-electron chi connectivity index (χ2n) is 6.12. The molecular formula is C17H23F3N2OS. The minimum atomic E-state index is -4.26. The van der Waals surface area contributed by atoms with Gasteiger partial charge >= 0.3 is 5.51 Å². The summed E-state index contributed by atoms with van der Waals surface area (Å²) in [6, 6.07) is 0. The van der Waals surface area contributed by atoms with Crippen molar-refractivity contribution < 1.29 is 18.0 Å². The largest absolute Gasteiger partial charge is 0.441 e. The van der Waals surface area contributed by atoms with E-state index in [2.05, 4.69) is 10.6 Å². The van der Waals surface area contributed by atoms with Gasteiger partial charge in [-0.3, -0.25) is 4.79 Å². The average Bonchev–Trinajstić information content (AvgIpc) is 2.46. The fourth-order valence-electron chi connectivity index (χ4n) is 2.56. The van der Waals surface area contributed by atoms with Crippen molar-refractivity contribution in [1.82, 2.24) is 10.6 Å². The standard InChI is InChI=1S/C17H23F3N2OS/c1-12-5-6-14(11-21-10-13-3-2-4-13)9-15(12)16(23)22-7-8-24-17(18,19)20/h5,9,11,13,21H,2-4,6-8,10H2,1H3,(H,22,23)/b14-11+. The Hall–Kier alpha value is -1.37. The van der Waals surface area contributed by atoms with Crippen molar-refractivity contribution in [2.24, 2.45) is 5.92 Å². The Bertz CT molecular complexity index is 549. The monoisotopic (exact) mass is 360 g/mol. The summed E-state index contributed by atoms with van der Waals surface area (Å²) in [6.07, 6.45) is 10.3. The van der Waals surface area contributed by atoms with Gasteiger partial charge in [-0.2, -0.15) is 13.2 Å². The molecule has 7 heteroatoms. The quantitative estimate of drug-likeness (QED) is 0.677.